The van der Waals surface area contributed by atoms with Crippen LogP contribution in [0.1, 0.15) is 19.8 Å². The number of piperidine rings is 1. The van der Waals surface area contributed by atoms with E-state index in [0.29, 0.717) is 0 Å². The summed E-state index contributed by atoms with van der Waals surface area (Å²) in [5, 5.41) is 2.40. The largest absolute Gasteiger partial charge is 0.469 e. The minimum atomic E-state index is -4.24. The average molecular weight is 225 g/mol. The van der Waals surface area contributed by atoms with Gasteiger partial charge in [-0.05, 0) is 19.8 Å². The van der Waals surface area contributed by atoms with Crippen molar-refractivity contribution in [3.8, 4) is 0 Å². The first kappa shape index (κ1) is 12.3. The Morgan fingerprint density at radius 3 is 2.40 bits per heavy atom. The summed E-state index contributed by atoms with van der Waals surface area (Å²) in [6, 6.07) is -2.01. The van der Waals surface area contributed by atoms with Crippen LogP contribution in [0.25, 0.3) is 0 Å². The third-order valence-electron chi connectivity index (χ3n) is 2.73. The number of esters is 1. The van der Waals surface area contributed by atoms with Crippen LogP contribution in [0, 0.1) is 5.92 Å². The lowest BCUT2D eigenvalue weighted by Crippen LogP contribution is -2.54. The molecule has 1 rings (SSSR count). The number of carbonyl (C=O) groups excluding carboxylic acids is 1. The van der Waals surface area contributed by atoms with Gasteiger partial charge in [0.05, 0.1) is 13.0 Å². The van der Waals surface area contributed by atoms with Gasteiger partial charge in [-0.2, -0.15) is 13.2 Å². The van der Waals surface area contributed by atoms with Gasteiger partial charge >= 0.3 is 12.1 Å². The first-order chi connectivity index (χ1) is 6.86. The monoisotopic (exact) mass is 225 g/mol. The minimum absolute atomic E-state index is 0.0758. The molecular formula is C9H14F3NO2. The highest BCUT2D eigenvalue weighted by Crippen LogP contribution is 2.30. The van der Waals surface area contributed by atoms with Crippen molar-refractivity contribution < 1.29 is 22.7 Å². The molecule has 0 aromatic rings. The van der Waals surface area contributed by atoms with Crippen molar-refractivity contribution in [2.75, 3.05) is 7.11 Å². The SMILES string of the molecule is COC(=O)C1CCC(C(F)(F)F)NC1C. The molecule has 0 bridgehead atoms. The molecule has 1 N–H and O–H groups in total. The smallest absolute Gasteiger partial charge is 0.403 e. The molecule has 0 aromatic heterocycles. The number of carbonyl (C=O) groups is 1. The lowest BCUT2D eigenvalue weighted by Gasteiger charge is -2.34. The van der Waals surface area contributed by atoms with Gasteiger partial charge in [0.25, 0.3) is 0 Å². The second kappa shape index (κ2) is 4.38. The molecule has 0 aliphatic carbocycles. The maximum Gasteiger partial charge on any atom is 0.403 e. The van der Waals surface area contributed by atoms with Gasteiger partial charge in [0, 0.05) is 6.04 Å². The van der Waals surface area contributed by atoms with Crippen molar-refractivity contribution >= 4 is 5.97 Å². The van der Waals surface area contributed by atoms with E-state index in [2.05, 4.69) is 10.1 Å². The number of alkyl halides is 3. The number of nitrogens with one attached hydrogen (secondary N) is 1. The molecule has 3 nitrogen and oxygen atoms in total. The fourth-order valence-corrected chi connectivity index (χ4v) is 1.84. The summed E-state index contributed by atoms with van der Waals surface area (Å²) in [5.74, 6) is -0.927. The standard InChI is InChI=1S/C9H14F3NO2/c1-5-6(8(14)15-2)3-4-7(13-5)9(10,11)12/h5-7,13H,3-4H2,1-2H3. The van der Waals surface area contributed by atoms with E-state index < -0.39 is 30.1 Å². The molecule has 88 valence electrons. The molecule has 15 heavy (non-hydrogen) atoms. The van der Waals surface area contributed by atoms with E-state index in [-0.39, 0.29) is 12.8 Å². The Morgan fingerprint density at radius 2 is 2.00 bits per heavy atom. The summed E-state index contributed by atoms with van der Waals surface area (Å²) in [6.45, 7) is 1.57. The van der Waals surface area contributed by atoms with Gasteiger partial charge in [0.2, 0.25) is 0 Å². The van der Waals surface area contributed by atoms with E-state index in [1.165, 1.54) is 7.11 Å². The third-order valence-corrected chi connectivity index (χ3v) is 2.73. The highest BCUT2D eigenvalue weighted by molar-refractivity contribution is 5.73. The number of hydrogen-bond donors (Lipinski definition) is 1. The first-order valence-corrected chi connectivity index (χ1v) is 4.77. The Labute approximate surface area is 86.0 Å². The zero-order valence-corrected chi connectivity index (χ0v) is 8.60. The lowest BCUT2D eigenvalue weighted by atomic mass is 9.88. The van der Waals surface area contributed by atoms with Crippen LogP contribution in [0.4, 0.5) is 13.2 Å². The van der Waals surface area contributed by atoms with Gasteiger partial charge in [-0.1, -0.05) is 0 Å². The van der Waals surface area contributed by atoms with Crippen LogP contribution in [0.2, 0.25) is 0 Å². The van der Waals surface area contributed by atoms with Crippen molar-refractivity contribution in [2.24, 2.45) is 5.92 Å². The number of ether oxygens (including phenoxy) is 1. The molecule has 0 aromatic carbocycles. The molecule has 1 aliphatic heterocycles. The maximum absolute atomic E-state index is 12.3. The molecule has 3 atom stereocenters. The van der Waals surface area contributed by atoms with Gasteiger partial charge in [-0.25, -0.2) is 0 Å². The topological polar surface area (TPSA) is 38.3 Å². The van der Waals surface area contributed by atoms with Crippen molar-refractivity contribution in [3.63, 3.8) is 0 Å². The van der Waals surface area contributed by atoms with Gasteiger partial charge in [-0.3, -0.25) is 4.79 Å². The van der Waals surface area contributed by atoms with Crippen molar-refractivity contribution in [3.05, 3.63) is 0 Å². The van der Waals surface area contributed by atoms with Gasteiger partial charge < -0.3 is 10.1 Å². The Kier molecular flexibility index (Phi) is 3.59. The maximum atomic E-state index is 12.3. The molecule has 1 fully saturated rings. The van der Waals surface area contributed by atoms with E-state index >= 15 is 0 Å². The van der Waals surface area contributed by atoms with E-state index in [0.717, 1.165) is 0 Å². The summed E-state index contributed by atoms with van der Waals surface area (Å²) >= 11 is 0. The predicted molar refractivity (Wildman–Crippen MR) is 47.2 cm³/mol. The highest BCUT2D eigenvalue weighted by Gasteiger charge is 2.45. The number of methoxy groups -OCH3 is 1. The van der Waals surface area contributed by atoms with E-state index in [1.807, 2.05) is 0 Å². The molecular weight excluding hydrogens is 211 g/mol. The van der Waals surface area contributed by atoms with Crippen LogP contribution in [0.5, 0.6) is 0 Å². The fraction of sp³-hybridized carbons (Fsp3) is 0.889. The molecule has 3 unspecified atom stereocenters. The zero-order valence-electron chi connectivity index (χ0n) is 8.60. The molecule has 6 heteroatoms. The highest BCUT2D eigenvalue weighted by atomic mass is 19.4. The average Bonchev–Trinajstić information content (AvgIpc) is 2.15. The van der Waals surface area contributed by atoms with Crippen molar-refractivity contribution in [1.82, 2.24) is 5.32 Å². The lowest BCUT2D eigenvalue weighted by molar-refractivity contribution is -0.170. The number of hydrogen-bond acceptors (Lipinski definition) is 3. The van der Waals surface area contributed by atoms with Crippen LogP contribution in [-0.4, -0.2) is 31.3 Å². The first-order valence-electron chi connectivity index (χ1n) is 4.77. The van der Waals surface area contributed by atoms with Gasteiger partial charge in [0.1, 0.15) is 6.04 Å². The van der Waals surface area contributed by atoms with Crippen LogP contribution in [-0.2, 0) is 9.53 Å². The molecule has 1 aliphatic rings. The third kappa shape index (κ3) is 2.84. The predicted octanol–water partition coefficient (Wildman–Crippen LogP) is 1.48. The van der Waals surface area contributed by atoms with E-state index in [1.54, 1.807) is 6.92 Å². The van der Waals surface area contributed by atoms with E-state index in [4.69, 9.17) is 0 Å². The Morgan fingerprint density at radius 1 is 1.40 bits per heavy atom. The summed E-state index contributed by atoms with van der Waals surface area (Å²) in [4.78, 5) is 11.2. The second-order valence-electron chi connectivity index (χ2n) is 3.76. The molecule has 1 heterocycles. The van der Waals surface area contributed by atoms with Crippen LogP contribution in [0.15, 0.2) is 0 Å². The summed E-state index contributed by atoms with van der Waals surface area (Å²) in [7, 11) is 1.24. The number of rotatable bonds is 1. The minimum Gasteiger partial charge on any atom is -0.469 e. The zero-order chi connectivity index (χ0) is 11.6. The summed E-state index contributed by atoms with van der Waals surface area (Å²) in [6.07, 6.45) is -4.10. The summed E-state index contributed by atoms with van der Waals surface area (Å²) < 4.78 is 41.6. The second-order valence-corrected chi connectivity index (χ2v) is 3.76. The van der Waals surface area contributed by atoms with Crippen LogP contribution >= 0.6 is 0 Å². The summed E-state index contributed by atoms with van der Waals surface area (Å²) in [5.41, 5.74) is 0. The molecule has 0 spiro atoms. The van der Waals surface area contributed by atoms with Crippen LogP contribution < -0.4 is 5.32 Å². The van der Waals surface area contributed by atoms with Crippen molar-refractivity contribution in [1.29, 1.82) is 0 Å². The van der Waals surface area contributed by atoms with E-state index in [9.17, 15) is 18.0 Å². The van der Waals surface area contributed by atoms with Gasteiger partial charge in [0.15, 0.2) is 0 Å². The van der Waals surface area contributed by atoms with Gasteiger partial charge in [-0.15, -0.1) is 0 Å². The molecule has 0 saturated carbocycles. The Hall–Kier alpha value is -0.780. The fourth-order valence-electron chi connectivity index (χ4n) is 1.84. The molecule has 1 saturated heterocycles. The van der Waals surface area contributed by atoms with Crippen LogP contribution in [0.3, 0.4) is 0 Å². The van der Waals surface area contributed by atoms with Crippen molar-refractivity contribution in [2.45, 2.75) is 38.0 Å². The number of halogens is 3. The Balaban J connectivity index is 2.59. The quantitative estimate of drug-likeness (QED) is 0.687. The molecule has 0 amide bonds. The normalized spacial score (nSPS) is 32.5. The Bertz CT molecular complexity index is 242. The molecule has 0 radical (unpaired) electrons.